The molecule has 1 aromatic heterocycles. The number of aromatic nitrogens is 1. The first-order chi connectivity index (χ1) is 7.24. The molecule has 82 valence electrons. The van der Waals surface area contributed by atoms with Gasteiger partial charge in [0, 0.05) is 12.2 Å². The van der Waals surface area contributed by atoms with E-state index in [2.05, 4.69) is 30.7 Å². The highest BCUT2D eigenvalue weighted by molar-refractivity contribution is 5.33. The SMILES string of the molecule is CCN(C(C)C)C1COc2cccnc21. The largest absolute Gasteiger partial charge is 0.490 e. The molecule has 0 aromatic carbocycles. The Kier molecular flexibility index (Phi) is 2.91. The van der Waals surface area contributed by atoms with Crippen LogP contribution < -0.4 is 4.74 Å². The molecule has 3 nitrogen and oxygen atoms in total. The highest BCUT2D eigenvalue weighted by atomic mass is 16.5. The fourth-order valence-electron chi connectivity index (χ4n) is 2.22. The van der Waals surface area contributed by atoms with Crippen LogP contribution in [0.1, 0.15) is 32.5 Å². The van der Waals surface area contributed by atoms with E-state index < -0.39 is 0 Å². The molecular formula is C12H18N2O. The average molecular weight is 206 g/mol. The molecule has 1 aromatic rings. The summed E-state index contributed by atoms with van der Waals surface area (Å²) in [5.74, 6) is 0.946. The van der Waals surface area contributed by atoms with Gasteiger partial charge in [0.05, 0.1) is 6.04 Å². The second kappa shape index (κ2) is 4.19. The molecule has 1 aliphatic heterocycles. The summed E-state index contributed by atoms with van der Waals surface area (Å²) in [4.78, 5) is 6.84. The van der Waals surface area contributed by atoms with E-state index in [9.17, 15) is 0 Å². The summed E-state index contributed by atoms with van der Waals surface area (Å²) in [6, 6.07) is 4.77. The average Bonchev–Trinajstić information content (AvgIpc) is 2.63. The van der Waals surface area contributed by atoms with Gasteiger partial charge in [-0.1, -0.05) is 6.92 Å². The third kappa shape index (κ3) is 1.84. The number of ether oxygens (including phenoxy) is 1. The molecule has 1 atom stereocenters. The first kappa shape index (κ1) is 10.4. The van der Waals surface area contributed by atoms with Crippen molar-refractivity contribution in [2.24, 2.45) is 0 Å². The Balaban J connectivity index is 2.26. The number of nitrogens with zero attached hydrogens (tertiary/aromatic N) is 2. The van der Waals surface area contributed by atoms with Gasteiger partial charge < -0.3 is 4.74 Å². The molecule has 0 amide bonds. The Morgan fingerprint density at radius 3 is 3.07 bits per heavy atom. The lowest BCUT2D eigenvalue weighted by Gasteiger charge is -2.29. The summed E-state index contributed by atoms with van der Waals surface area (Å²) < 4.78 is 5.64. The van der Waals surface area contributed by atoms with Crippen molar-refractivity contribution in [1.29, 1.82) is 0 Å². The topological polar surface area (TPSA) is 25.4 Å². The molecule has 0 fully saturated rings. The fourth-order valence-corrected chi connectivity index (χ4v) is 2.22. The predicted molar refractivity (Wildman–Crippen MR) is 60.0 cm³/mol. The minimum atomic E-state index is 0.325. The zero-order valence-electron chi connectivity index (χ0n) is 9.60. The molecule has 0 N–H and O–H groups in total. The Hall–Kier alpha value is -1.09. The summed E-state index contributed by atoms with van der Waals surface area (Å²) in [5.41, 5.74) is 1.09. The monoisotopic (exact) mass is 206 g/mol. The van der Waals surface area contributed by atoms with Crippen LogP contribution in [0.2, 0.25) is 0 Å². The van der Waals surface area contributed by atoms with Gasteiger partial charge in [-0.25, -0.2) is 0 Å². The van der Waals surface area contributed by atoms with E-state index in [4.69, 9.17) is 4.74 Å². The van der Waals surface area contributed by atoms with Crippen LogP contribution in [0.15, 0.2) is 18.3 Å². The Labute approximate surface area is 91.1 Å². The Morgan fingerprint density at radius 2 is 2.40 bits per heavy atom. The van der Waals surface area contributed by atoms with Crippen molar-refractivity contribution in [3.05, 3.63) is 24.0 Å². The highest BCUT2D eigenvalue weighted by Gasteiger charge is 2.31. The van der Waals surface area contributed by atoms with Crippen molar-refractivity contribution < 1.29 is 4.74 Å². The summed E-state index contributed by atoms with van der Waals surface area (Å²) in [6.45, 7) is 8.37. The zero-order chi connectivity index (χ0) is 10.8. The standard InChI is InChI=1S/C12H18N2O/c1-4-14(9(2)3)10-8-15-11-6-5-7-13-12(10)11/h5-7,9-10H,4,8H2,1-3H3. The third-order valence-corrected chi connectivity index (χ3v) is 2.94. The molecule has 15 heavy (non-hydrogen) atoms. The number of hydrogen-bond donors (Lipinski definition) is 0. The van der Waals surface area contributed by atoms with E-state index in [1.165, 1.54) is 0 Å². The van der Waals surface area contributed by atoms with Crippen molar-refractivity contribution in [2.45, 2.75) is 32.9 Å². The van der Waals surface area contributed by atoms with Gasteiger partial charge in [-0.05, 0) is 32.5 Å². The van der Waals surface area contributed by atoms with Crippen molar-refractivity contribution in [1.82, 2.24) is 9.88 Å². The maximum Gasteiger partial charge on any atom is 0.142 e. The lowest BCUT2D eigenvalue weighted by molar-refractivity contribution is 0.134. The van der Waals surface area contributed by atoms with Gasteiger partial charge in [0.2, 0.25) is 0 Å². The van der Waals surface area contributed by atoms with E-state index in [1.807, 2.05) is 18.3 Å². The molecule has 1 unspecified atom stereocenters. The van der Waals surface area contributed by atoms with Crippen LogP contribution >= 0.6 is 0 Å². The molecule has 3 heteroatoms. The number of likely N-dealkylation sites (N-methyl/N-ethyl adjacent to an activating group) is 1. The molecule has 0 aliphatic carbocycles. The third-order valence-electron chi connectivity index (χ3n) is 2.94. The fraction of sp³-hybridized carbons (Fsp3) is 0.583. The molecular weight excluding hydrogens is 188 g/mol. The normalized spacial score (nSPS) is 19.4. The molecule has 2 rings (SSSR count). The minimum Gasteiger partial charge on any atom is -0.490 e. The summed E-state index contributed by atoms with van der Waals surface area (Å²) in [7, 11) is 0. The second-order valence-electron chi connectivity index (χ2n) is 4.14. The smallest absolute Gasteiger partial charge is 0.142 e. The first-order valence-electron chi connectivity index (χ1n) is 5.57. The van der Waals surface area contributed by atoms with Crippen molar-refractivity contribution >= 4 is 0 Å². The van der Waals surface area contributed by atoms with Gasteiger partial charge in [0.1, 0.15) is 18.1 Å². The predicted octanol–water partition coefficient (Wildman–Crippen LogP) is 2.25. The van der Waals surface area contributed by atoms with Crippen LogP contribution in [0.3, 0.4) is 0 Å². The van der Waals surface area contributed by atoms with Crippen LogP contribution in [0.25, 0.3) is 0 Å². The van der Waals surface area contributed by atoms with Gasteiger partial charge in [-0.2, -0.15) is 0 Å². The first-order valence-corrected chi connectivity index (χ1v) is 5.57. The molecule has 0 spiro atoms. The second-order valence-corrected chi connectivity index (χ2v) is 4.14. The zero-order valence-corrected chi connectivity index (χ0v) is 9.60. The number of hydrogen-bond acceptors (Lipinski definition) is 3. The van der Waals surface area contributed by atoms with Crippen LogP contribution in [0, 0.1) is 0 Å². The lowest BCUT2D eigenvalue weighted by atomic mass is 10.1. The van der Waals surface area contributed by atoms with Crippen LogP contribution in [-0.4, -0.2) is 29.1 Å². The molecule has 1 aliphatic rings. The van der Waals surface area contributed by atoms with Crippen LogP contribution in [-0.2, 0) is 0 Å². The van der Waals surface area contributed by atoms with Gasteiger partial charge >= 0.3 is 0 Å². The van der Waals surface area contributed by atoms with Gasteiger partial charge in [-0.15, -0.1) is 0 Å². The summed E-state index contributed by atoms with van der Waals surface area (Å²) in [5, 5.41) is 0. The minimum absolute atomic E-state index is 0.325. The maximum atomic E-state index is 5.64. The maximum absolute atomic E-state index is 5.64. The molecule has 0 saturated carbocycles. The van der Waals surface area contributed by atoms with Crippen molar-refractivity contribution in [3.63, 3.8) is 0 Å². The van der Waals surface area contributed by atoms with E-state index in [0.717, 1.165) is 24.6 Å². The highest BCUT2D eigenvalue weighted by Crippen LogP contribution is 2.34. The van der Waals surface area contributed by atoms with Gasteiger partial charge in [-0.3, -0.25) is 9.88 Å². The number of pyridine rings is 1. The van der Waals surface area contributed by atoms with Crippen molar-refractivity contribution in [2.75, 3.05) is 13.2 Å². The Bertz CT molecular complexity index is 338. The summed E-state index contributed by atoms with van der Waals surface area (Å²) in [6.07, 6.45) is 1.84. The number of fused-ring (bicyclic) bond motifs is 1. The number of rotatable bonds is 3. The molecule has 0 saturated heterocycles. The van der Waals surface area contributed by atoms with Crippen molar-refractivity contribution in [3.8, 4) is 5.75 Å². The van der Waals surface area contributed by atoms with Gasteiger partial charge in [0.25, 0.3) is 0 Å². The van der Waals surface area contributed by atoms with E-state index >= 15 is 0 Å². The lowest BCUT2D eigenvalue weighted by Crippen LogP contribution is -2.35. The van der Waals surface area contributed by atoms with E-state index in [1.54, 1.807) is 0 Å². The van der Waals surface area contributed by atoms with E-state index in [0.29, 0.717) is 12.1 Å². The van der Waals surface area contributed by atoms with Crippen LogP contribution in [0.5, 0.6) is 5.75 Å². The van der Waals surface area contributed by atoms with Crippen LogP contribution in [0.4, 0.5) is 0 Å². The molecule has 0 radical (unpaired) electrons. The summed E-state index contributed by atoms with van der Waals surface area (Å²) >= 11 is 0. The van der Waals surface area contributed by atoms with E-state index in [-0.39, 0.29) is 0 Å². The quantitative estimate of drug-likeness (QED) is 0.758. The Morgan fingerprint density at radius 1 is 1.60 bits per heavy atom. The molecule has 2 heterocycles. The van der Waals surface area contributed by atoms with Gasteiger partial charge in [0.15, 0.2) is 0 Å². The molecule has 0 bridgehead atoms.